The standard InChI is InChI=1S/C18H24N2O/c1-4-17-18(14(3)19-21-17)16-6-5-11-20(16)12-15-9-7-13(2)8-10-15/h7-10,16H,4-6,11-12H2,1-3H3. The van der Waals surface area contributed by atoms with E-state index in [2.05, 4.69) is 55.1 Å². The molecule has 1 aliphatic rings. The molecule has 2 heterocycles. The number of hydrogen-bond donors (Lipinski definition) is 0. The van der Waals surface area contributed by atoms with Crippen LogP contribution in [0.3, 0.4) is 0 Å². The number of hydrogen-bond acceptors (Lipinski definition) is 3. The molecule has 2 aromatic rings. The second-order valence-electron chi connectivity index (χ2n) is 6.07. The maximum Gasteiger partial charge on any atom is 0.141 e. The van der Waals surface area contributed by atoms with E-state index in [1.165, 1.54) is 29.5 Å². The summed E-state index contributed by atoms with van der Waals surface area (Å²) in [6.07, 6.45) is 3.39. The number of rotatable bonds is 4. The van der Waals surface area contributed by atoms with Gasteiger partial charge in [-0.15, -0.1) is 0 Å². The van der Waals surface area contributed by atoms with Crippen LogP contribution in [0.15, 0.2) is 28.8 Å². The molecule has 0 bridgehead atoms. The zero-order valence-corrected chi connectivity index (χ0v) is 13.2. The lowest BCUT2D eigenvalue weighted by Crippen LogP contribution is -2.23. The molecular weight excluding hydrogens is 260 g/mol. The monoisotopic (exact) mass is 284 g/mol. The van der Waals surface area contributed by atoms with E-state index < -0.39 is 0 Å². The molecule has 1 aromatic carbocycles. The lowest BCUT2D eigenvalue weighted by atomic mass is 10.0. The van der Waals surface area contributed by atoms with Gasteiger partial charge in [-0.3, -0.25) is 4.90 Å². The van der Waals surface area contributed by atoms with Crippen LogP contribution in [-0.4, -0.2) is 16.6 Å². The highest BCUT2D eigenvalue weighted by molar-refractivity contribution is 5.28. The molecule has 1 saturated heterocycles. The lowest BCUT2D eigenvalue weighted by Gasteiger charge is -2.24. The van der Waals surface area contributed by atoms with Crippen molar-refractivity contribution in [1.29, 1.82) is 0 Å². The van der Waals surface area contributed by atoms with E-state index in [-0.39, 0.29) is 0 Å². The second kappa shape index (κ2) is 6.02. The molecular formula is C18H24N2O. The maximum atomic E-state index is 5.49. The third-order valence-corrected chi connectivity index (χ3v) is 4.51. The minimum absolute atomic E-state index is 0.465. The van der Waals surface area contributed by atoms with E-state index in [0.717, 1.165) is 31.0 Å². The van der Waals surface area contributed by atoms with Gasteiger partial charge in [-0.1, -0.05) is 41.9 Å². The van der Waals surface area contributed by atoms with Crippen LogP contribution in [0.5, 0.6) is 0 Å². The smallest absolute Gasteiger partial charge is 0.141 e. The Bertz CT molecular complexity index is 600. The highest BCUT2D eigenvalue weighted by atomic mass is 16.5. The van der Waals surface area contributed by atoms with Gasteiger partial charge in [0, 0.05) is 24.6 Å². The van der Waals surface area contributed by atoms with Gasteiger partial charge in [0.25, 0.3) is 0 Å². The molecule has 0 saturated carbocycles. The minimum Gasteiger partial charge on any atom is -0.361 e. The number of aryl methyl sites for hydroxylation is 3. The largest absolute Gasteiger partial charge is 0.361 e. The van der Waals surface area contributed by atoms with E-state index in [0.29, 0.717) is 6.04 Å². The van der Waals surface area contributed by atoms with Gasteiger partial charge in [0.2, 0.25) is 0 Å². The van der Waals surface area contributed by atoms with Gasteiger partial charge in [0.1, 0.15) is 5.76 Å². The molecule has 0 radical (unpaired) electrons. The number of likely N-dealkylation sites (tertiary alicyclic amines) is 1. The highest BCUT2D eigenvalue weighted by Gasteiger charge is 2.31. The molecule has 112 valence electrons. The van der Waals surface area contributed by atoms with Crippen molar-refractivity contribution >= 4 is 0 Å². The summed E-state index contributed by atoms with van der Waals surface area (Å²) in [5, 5.41) is 4.18. The molecule has 0 aliphatic carbocycles. The topological polar surface area (TPSA) is 29.3 Å². The summed E-state index contributed by atoms with van der Waals surface area (Å²) < 4.78 is 5.49. The summed E-state index contributed by atoms with van der Waals surface area (Å²) in [4.78, 5) is 2.57. The summed E-state index contributed by atoms with van der Waals surface area (Å²) in [7, 11) is 0. The summed E-state index contributed by atoms with van der Waals surface area (Å²) >= 11 is 0. The Labute approximate surface area is 126 Å². The third-order valence-electron chi connectivity index (χ3n) is 4.51. The molecule has 3 nitrogen and oxygen atoms in total. The second-order valence-corrected chi connectivity index (χ2v) is 6.07. The normalized spacial score (nSPS) is 19.3. The van der Waals surface area contributed by atoms with E-state index in [4.69, 9.17) is 4.52 Å². The van der Waals surface area contributed by atoms with Gasteiger partial charge >= 0.3 is 0 Å². The quantitative estimate of drug-likeness (QED) is 0.843. The molecule has 1 aromatic heterocycles. The Morgan fingerprint density at radius 2 is 2.00 bits per heavy atom. The van der Waals surface area contributed by atoms with Crippen LogP contribution in [0.2, 0.25) is 0 Å². The highest BCUT2D eigenvalue weighted by Crippen LogP contribution is 2.36. The van der Waals surface area contributed by atoms with Crippen molar-refractivity contribution in [3.05, 3.63) is 52.4 Å². The van der Waals surface area contributed by atoms with Crippen molar-refractivity contribution < 1.29 is 4.52 Å². The van der Waals surface area contributed by atoms with E-state index in [9.17, 15) is 0 Å². The summed E-state index contributed by atoms with van der Waals surface area (Å²) in [5.74, 6) is 1.06. The van der Waals surface area contributed by atoms with Gasteiger partial charge in [-0.05, 0) is 38.8 Å². The Morgan fingerprint density at radius 3 is 2.71 bits per heavy atom. The van der Waals surface area contributed by atoms with Crippen LogP contribution >= 0.6 is 0 Å². The van der Waals surface area contributed by atoms with E-state index >= 15 is 0 Å². The first kappa shape index (κ1) is 14.3. The van der Waals surface area contributed by atoms with Crippen molar-refractivity contribution in [2.24, 2.45) is 0 Å². The van der Waals surface area contributed by atoms with Crippen LogP contribution in [-0.2, 0) is 13.0 Å². The first-order chi connectivity index (χ1) is 10.2. The number of aromatic nitrogens is 1. The SMILES string of the molecule is CCc1onc(C)c1C1CCCN1Cc1ccc(C)cc1. The minimum atomic E-state index is 0.465. The Hall–Kier alpha value is -1.61. The molecule has 3 rings (SSSR count). The summed E-state index contributed by atoms with van der Waals surface area (Å²) in [5.41, 5.74) is 5.11. The zero-order chi connectivity index (χ0) is 14.8. The van der Waals surface area contributed by atoms with Crippen LogP contribution in [0.4, 0.5) is 0 Å². The van der Waals surface area contributed by atoms with Crippen molar-refractivity contribution in [2.75, 3.05) is 6.54 Å². The molecule has 21 heavy (non-hydrogen) atoms. The van der Waals surface area contributed by atoms with Crippen LogP contribution in [0.1, 0.15) is 54.0 Å². The molecule has 1 unspecified atom stereocenters. The van der Waals surface area contributed by atoms with Crippen LogP contribution < -0.4 is 0 Å². The summed E-state index contributed by atoms with van der Waals surface area (Å²) in [6.45, 7) is 8.52. The Balaban J connectivity index is 1.82. The average Bonchev–Trinajstić information content (AvgIpc) is 3.07. The molecule has 0 spiro atoms. The predicted octanol–water partition coefficient (Wildman–Crippen LogP) is 4.19. The van der Waals surface area contributed by atoms with Gasteiger partial charge in [-0.25, -0.2) is 0 Å². The molecule has 1 atom stereocenters. The van der Waals surface area contributed by atoms with Crippen LogP contribution in [0.25, 0.3) is 0 Å². The van der Waals surface area contributed by atoms with Gasteiger partial charge in [-0.2, -0.15) is 0 Å². The zero-order valence-electron chi connectivity index (χ0n) is 13.2. The molecule has 3 heteroatoms. The molecule has 1 aliphatic heterocycles. The van der Waals surface area contributed by atoms with Crippen LogP contribution in [0, 0.1) is 13.8 Å². The molecule has 1 fully saturated rings. The lowest BCUT2D eigenvalue weighted by molar-refractivity contribution is 0.245. The van der Waals surface area contributed by atoms with Gasteiger partial charge in [0.15, 0.2) is 0 Å². The first-order valence-corrected chi connectivity index (χ1v) is 7.93. The molecule has 0 amide bonds. The number of nitrogens with zero attached hydrogens (tertiary/aromatic N) is 2. The first-order valence-electron chi connectivity index (χ1n) is 7.93. The predicted molar refractivity (Wildman–Crippen MR) is 84.2 cm³/mol. The molecule has 0 N–H and O–H groups in total. The van der Waals surface area contributed by atoms with E-state index in [1.54, 1.807) is 0 Å². The Morgan fingerprint density at radius 1 is 1.24 bits per heavy atom. The number of benzene rings is 1. The third kappa shape index (κ3) is 2.88. The van der Waals surface area contributed by atoms with Crippen molar-refractivity contribution in [1.82, 2.24) is 10.1 Å². The van der Waals surface area contributed by atoms with Crippen molar-refractivity contribution in [3.8, 4) is 0 Å². The average molecular weight is 284 g/mol. The van der Waals surface area contributed by atoms with Gasteiger partial charge in [0.05, 0.1) is 5.69 Å². The van der Waals surface area contributed by atoms with Crippen molar-refractivity contribution in [3.63, 3.8) is 0 Å². The van der Waals surface area contributed by atoms with Crippen molar-refractivity contribution in [2.45, 2.75) is 52.6 Å². The van der Waals surface area contributed by atoms with E-state index in [1.807, 2.05) is 0 Å². The fourth-order valence-corrected chi connectivity index (χ4v) is 3.38. The maximum absolute atomic E-state index is 5.49. The summed E-state index contributed by atoms with van der Waals surface area (Å²) in [6, 6.07) is 9.34. The Kier molecular flexibility index (Phi) is 4.11. The van der Waals surface area contributed by atoms with Gasteiger partial charge < -0.3 is 4.52 Å². The fraction of sp³-hybridized carbons (Fsp3) is 0.500. The fourth-order valence-electron chi connectivity index (χ4n) is 3.38.